The summed E-state index contributed by atoms with van der Waals surface area (Å²) in [7, 11) is 0. The number of furan rings is 1. The highest BCUT2D eigenvalue weighted by molar-refractivity contribution is 7.98. The van der Waals surface area contributed by atoms with Gasteiger partial charge in [-0.15, -0.1) is 23.1 Å². The van der Waals surface area contributed by atoms with E-state index in [1.54, 1.807) is 35.2 Å². The topological polar surface area (TPSA) is 67.2 Å². The molecule has 0 unspecified atom stereocenters. The zero-order chi connectivity index (χ0) is 22.5. The Bertz CT molecular complexity index is 1180. The van der Waals surface area contributed by atoms with Crippen LogP contribution >= 0.6 is 23.1 Å². The second-order valence-electron chi connectivity index (χ2n) is 7.30. The van der Waals surface area contributed by atoms with Gasteiger partial charge >= 0.3 is 0 Å². The van der Waals surface area contributed by atoms with E-state index < -0.39 is 0 Å². The minimum Gasteiger partial charge on any atom is -0.459 e. The third-order valence-electron chi connectivity index (χ3n) is 5.07. The number of nitrogens with zero attached hydrogens (tertiary/aromatic N) is 1. The van der Waals surface area contributed by atoms with Crippen LogP contribution in [0.5, 0.6) is 0 Å². The Morgan fingerprint density at radius 2 is 1.97 bits per heavy atom. The molecule has 0 aliphatic carbocycles. The maximum atomic E-state index is 12.7. The summed E-state index contributed by atoms with van der Waals surface area (Å²) >= 11 is 3.30. The summed E-state index contributed by atoms with van der Waals surface area (Å²) in [6.07, 6.45) is 4.45. The summed E-state index contributed by atoms with van der Waals surface area (Å²) in [6.45, 7) is 4.09. The molecule has 1 amide bonds. The van der Waals surface area contributed by atoms with Gasteiger partial charge in [0.2, 0.25) is 0 Å². The molecule has 0 fully saturated rings. The Morgan fingerprint density at radius 1 is 1.16 bits per heavy atom. The quantitative estimate of drug-likeness (QED) is 0.282. The lowest BCUT2D eigenvalue weighted by molar-refractivity contribution is 0.0997. The van der Waals surface area contributed by atoms with Gasteiger partial charge in [-0.2, -0.15) is 0 Å². The Morgan fingerprint density at radius 3 is 2.62 bits per heavy atom. The van der Waals surface area contributed by atoms with Crippen LogP contribution in [0.3, 0.4) is 0 Å². The predicted octanol–water partition coefficient (Wildman–Crippen LogP) is 6.78. The highest BCUT2D eigenvalue weighted by atomic mass is 32.2. The number of hydrogen-bond acceptors (Lipinski definition) is 6. The van der Waals surface area contributed by atoms with Crippen molar-refractivity contribution in [3.05, 3.63) is 94.4 Å². The number of rotatable bonds is 8. The fraction of sp³-hybridized carbons (Fsp3) is 0.200. The molecule has 2 N–H and O–H groups in total. The van der Waals surface area contributed by atoms with Crippen molar-refractivity contribution < 1.29 is 9.21 Å². The number of hydrogen-bond donors (Lipinski definition) is 2. The van der Waals surface area contributed by atoms with Crippen molar-refractivity contribution in [3.8, 4) is 0 Å². The number of thioether (sulfide) groups is 1. The molecule has 3 aromatic heterocycles. The third kappa shape index (κ3) is 5.06. The van der Waals surface area contributed by atoms with Gasteiger partial charge in [0.25, 0.3) is 5.91 Å². The molecule has 7 heteroatoms. The molecule has 0 spiro atoms. The number of anilines is 2. The summed E-state index contributed by atoms with van der Waals surface area (Å²) < 4.78 is 5.28. The Labute approximate surface area is 196 Å². The molecule has 0 saturated heterocycles. The lowest BCUT2D eigenvalue weighted by Crippen LogP contribution is -2.17. The number of aryl methyl sites for hydroxylation is 2. The summed E-state index contributed by atoms with van der Waals surface area (Å²) in [4.78, 5) is 19.8. The van der Waals surface area contributed by atoms with Crippen LogP contribution in [0.15, 0.2) is 76.2 Å². The van der Waals surface area contributed by atoms with E-state index in [-0.39, 0.29) is 17.7 Å². The molecule has 1 aromatic carbocycles. The van der Waals surface area contributed by atoms with E-state index in [9.17, 15) is 4.79 Å². The van der Waals surface area contributed by atoms with Crippen LogP contribution in [0.2, 0.25) is 0 Å². The van der Waals surface area contributed by atoms with Crippen molar-refractivity contribution in [1.29, 1.82) is 0 Å². The van der Waals surface area contributed by atoms with E-state index in [0.29, 0.717) is 0 Å². The third-order valence-corrected chi connectivity index (χ3v) is 7.03. The van der Waals surface area contributed by atoms with Crippen molar-refractivity contribution in [2.75, 3.05) is 16.9 Å². The number of benzene rings is 1. The number of aromatic nitrogens is 1. The van der Waals surface area contributed by atoms with Crippen LogP contribution in [0.4, 0.5) is 10.8 Å². The van der Waals surface area contributed by atoms with Gasteiger partial charge in [0.15, 0.2) is 5.76 Å². The molecule has 4 aromatic rings. The van der Waals surface area contributed by atoms with Gasteiger partial charge in [-0.1, -0.05) is 25.1 Å². The normalized spacial score (nSPS) is 11.8. The molecule has 32 heavy (non-hydrogen) atoms. The first-order chi connectivity index (χ1) is 15.6. The van der Waals surface area contributed by atoms with Gasteiger partial charge < -0.3 is 15.1 Å². The largest absolute Gasteiger partial charge is 0.459 e. The molecule has 0 saturated carbocycles. The highest BCUT2D eigenvalue weighted by Gasteiger charge is 2.23. The van der Waals surface area contributed by atoms with Crippen molar-refractivity contribution >= 4 is 39.8 Å². The van der Waals surface area contributed by atoms with Crippen LogP contribution in [0.25, 0.3) is 0 Å². The van der Waals surface area contributed by atoms with Gasteiger partial charge in [-0.05, 0) is 67.6 Å². The zero-order valence-electron chi connectivity index (χ0n) is 18.2. The molecular weight excluding hydrogens is 438 g/mol. The van der Waals surface area contributed by atoms with Crippen LogP contribution in [-0.2, 0) is 6.42 Å². The standard InChI is InChI=1S/C25H25N3O2S2/c1-4-18-15-20(25(32-18)28-24(29)21-8-6-14-30-21)23(17-10-12-19(31-3)13-11-17)27-22-9-5-7-16(2)26-22/h5-15,23H,4H2,1-3H3,(H,26,27)(H,28,29)/t23-/m1/s1. The zero-order valence-corrected chi connectivity index (χ0v) is 19.8. The van der Waals surface area contributed by atoms with Crippen LogP contribution in [-0.4, -0.2) is 17.1 Å². The molecule has 0 bridgehead atoms. The fourth-order valence-corrected chi connectivity index (χ4v) is 4.86. The van der Waals surface area contributed by atoms with Gasteiger partial charge in [0.05, 0.1) is 12.3 Å². The fourth-order valence-electron chi connectivity index (χ4n) is 3.43. The molecule has 3 heterocycles. The highest BCUT2D eigenvalue weighted by Crippen LogP contribution is 2.38. The second kappa shape index (κ2) is 10.1. The average Bonchev–Trinajstić information content (AvgIpc) is 3.48. The number of carbonyl (C=O) groups is 1. The van der Waals surface area contributed by atoms with Crippen molar-refractivity contribution in [2.24, 2.45) is 0 Å². The molecule has 1 atom stereocenters. The van der Waals surface area contributed by atoms with Crippen molar-refractivity contribution in [3.63, 3.8) is 0 Å². The molecule has 0 radical (unpaired) electrons. The van der Waals surface area contributed by atoms with Crippen LogP contribution in [0, 0.1) is 6.92 Å². The molecule has 0 aliphatic heterocycles. The predicted molar refractivity (Wildman–Crippen MR) is 133 cm³/mol. The van der Waals surface area contributed by atoms with E-state index in [4.69, 9.17) is 4.42 Å². The summed E-state index contributed by atoms with van der Waals surface area (Å²) in [6, 6.07) is 19.8. The monoisotopic (exact) mass is 463 g/mol. The smallest absolute Gasteiger partial charge is 0.291 e. The van der Waals surface area contributed by atoms with Gasteiger partial charge in [-0.3, -0.25) is 4.79 Å². The Balaban J connectivity index is 1.75. The molecule has 164 valence electrons. The van der Waals surface area contributed by atoms with Crippen molar-refractivity contribution in [1.82, 2.24) is 4.98 Å². The molecular formula is C25H25N3O2S2. The Kier molecular flexibility index (Phi) is 6.97. The minimum atomic E-state index is -0.258. The van der Waals surface area contributed by atoms with E-state index in [2.05, 4.69) is 59.1 Å². The minimum absolute atomic E-state index is 0.177. The van der Waals surface area contributed by atoms with E-state index in [0.717, 1.165) is 34.1 Å². The Hall–Kier alpha value is -3.03. The summed E-state index contributed by atoms with van der Waals surface area (Å²) in [5.74, 6) is 0.819. The number of pyridine rings is 1. The van der Waals surface area contributed by atoms with Crippen LogP contribution in [0.1, 0.15) is 45.2 Å². The van der Waals surface area contributed by atoms with Gasteiger partial charge in [0.1, 0.15) is 10.8 Å². The van der Waals surface area contributed by atoms with Gasteiger partial charge in [-0.25, -0.2) is 4.98 Å². The maximum Gasteiger partial charge on any atom is 0.291 e. The number of nitrogens with one attached hydrogen (secondary N) is 2. The summed E-state index contributed by atoms with van der Waals surface area (Å²) in [5, 5.41) is 7.46. The molecule has 4 rings (SSSR count). The lowest BCUT2D eigenvalue weighted by Gasteiger charge is -2.21. The van der Waals surface area contributed by atoms with E-state index in [1.165, 1.54) is 16.0 Å². The maximum absolute atomic E-state index is 12.7. The number of carbonyl (C=O) groups excluding carboxylic acids is 1. The number of amides is 1. The number of thiophene rings is 1. The second-order valence-corrected chi connectivity index (χ2v) is 9.31. The van der Waals surface area contributed by atoms with Gasteiger partial charge in [0, 0.05) is 21.0 Å². The average molecular weight is 464 g/mol. The lowest BCUT2D eigenvalue weighted by atomic mass is 9.99. The van der Waals surface area contributed by atoms with Crippen molar-refractivity contribution in [2.45, 2.75) is 31.2 Å². The molecule has 0 aliphatic rings. The van der Waals surface area contributed by atoms with E-state index in [1.807, 2.05) is 25.1 Å². The SMILES string of the molecule is CCc1cc([C@H](Nc2cccc(C)n2)c2ccc(SC)cc2)c(NC(=O)c2ccco2)s1. The first-order valence-corrected chi connectivity index (χ1v) is 12.4. The molecule has 5 nitrogen and oxygen atoms in total. The van der Waals surface area contributed by atoms with Crippen LogP contribution < -0.4 is 10.6 Å². The first-order valence-electron chi connectivity index (χ1n) is 10.4. The first kappa shape index (κ1) is 22.2. The van der Waals surface area contributed by atoms with E-state index >= 15 is 0 Å². The summed E-state index contributed by atoms with van der Waals surface area (Å²) in [5.41, 5.74) is 3.05.